The Balaban J connectivity index is 2.25. The van der Waals surface area contributed by atoms with Gasteiger partial charge in [-0.1, -0.05) is 11.6 Å². The molecule has 6 nitrogen and oxygen atoms in total. The highest BCUT2D eigenvalue weighted by Gasteiger charge is 2.13. The summed E-state index contributed by atoms with van der Waals surface area (Å²) in [6.07, 6.45) is 0. The summed E-state index contributed by atoms with van der Waals surface area (Å²) in [5, 5.41) is 19.7. The van der Waals surface area contributed by atoms with Gasteiger partial charge in [-0.25, -0.2) is 4.98 Å². The quantitative estimate of drug-likeness (QED) is 0.878. The number of carbonyl (C=O) groups is 1. The molecule has 0 saturated heterocycles. The second-order valence-electron chi connectivity index (χ2n) is 3.92. The molecule has 1 heterocycles. The Labute approximate surface area is 114 Å². The zero-order chi connectivity index (χ0) is 14.0. The summed E-state index contributed by atoms with van der Waals surface area (Å²) < 4.78 is 0. The van der Waals surface area contributed by atoms with Crippen molar-refractivity contribution in [2.24, 2.45) is 0 Å². The number of amides is 1. The fourth-order valence-corrected chi connectivity index (χ4v) is 1.57. The van der Waals surface area contributed by atoms with Crippen LogP contribution in [0.25, 0.3) is 0 Å². The minimum atomic E-state index is -0.508. The molecule has 1 aromatic heterocycles. The Bertz CT molecular complexity index is 646. The smallest absolute Gasteiger partial charge is 0.259 e. The number of nitrogens with one attached hydrogen (secondary N) is 1. The van der Waals surface area contributed by atoms with Gasteiger partial charge in [0.15, 0.2) is 0 Å². The first-order chi connectivity index (χ1) is 8.97. The number of anilines is 1. The van der Waals surface area contributed by atoms with Gasteiger partial charge in [0.2, 0.25) is 5.95 Å². The largest absolute Gasteiger partial charge is 0.508 e. The van der Waals surface area contributed by atoms with Crippen LogP contribution < -0.4 is 5.32 Å². The summed E-state index contributed by atoms with van der Waals surface area (Å²) in [6.45, 7) is 3.54. The number of nitrogens with zero attached hydrogens (tertiary/aromatic N) is 3. The number of phenolic OH excluding ortho intramolecular Hbond substituents is 1. The number of carbonyl (C=O) groups excluding carboxylic acids is 1. The molecule has 2 rings (SSSR count). The Morgan fingerprint density at radius 2 is 2.00 bits per heavy atom. The number of benzene rings is 1. The molecule has 2 N–H and O–H groups in total. The van der Waals surface area contributed by atoms with E-state index in [1.165, 1.54) is 18.2 Å². The third-order valence-corrected chi connectivity index (χ3v) is 2.84. The third kappa shape index (κ3) is 2.97. The number of aromatic nitrogens is 3. The van der Waals surface area contributed by atoms with Gasteiger partial charge in [0.05, 0.1) is 22.0 Å². The lowest BCUT2D eigenvalue weighted by Crippen LogP contribution is -2.16. The number of halogens is 1. The van der Waals surface area contributed by atoms with Crippen LogP contribution in [0.1, 0.15) is 21.7 Å². The van der Waals surface area contributed by atoms with E-state index < -0.39 is 5.91 Å². The first kappa shape index (κ1) is 13.2. The van der Waals surface area contributed by atoms with Crippen LogP contribution in [0, 0.1) is 13.8 Å². The molecular formula is C12H11ClN4O2. The standard InChI is InChI=1S/C12H11ClN4O2/c1-6-7(2)16-17-12(14-6)15-11(19)9-5-8(18)3-4-10(9)13/h3-5,18H,1-2H3,(H,14,15,17,19). The Morgan fingerprint density at radius 1 is 1.26 bits per heavy atom. The topological polar surface area (TPSA) is 88.0 Å². The molecule has 0 aliphatic heterocycles. The van der Waals surface area contributed by atoms with E-state index in [9.17, 15) is 9.90 Å². The van der Waals surface area contributed by atoms with E-state index in [1.807, 2.05) is 0 Å². The van der Waals surface area contributed by atoms with Crippen LogP contribution in [-0.4, -0.2) is 26.2 Å². The fraction of sp³-hybridized carbons (Fsp3) is 0.167. The van der Waals surface area contributed by atoms with Gasteiger partial charge in [0, 0.05) is 0 Å². The maximum atomic E-state index is 12.0. The molecule has 0 radical (unpaired) electrons. The number of rotatable bonds is 2. The summed E-state index contributed by atoms with van der Waals surface area (Å²) in [5.74, 6) is -0.466. The molecule has 19 heavy (non-hydrogen) atoms. The second-order valence-corrected chi connectivity index (χ2v) is 4.33. The van der Waals surface area contributed by atoms with Gasteiger partial charge in [-0.2, -0.15) is 5.10 Å². The zero-order valence-electron chi connectivity index (χ0n) is 10.3. The van der Waals surface area contributed by atoms with Gasteiger partial charge in [-0.15, -0.1) is 5.10 Å². The average molecular weight is 279 g/mol. The van der Waals surface area contributed by atoms with Crippen molar-refractivity contribution in [1.29, 1.82) is 0 Å². The number of aryl methyl sites for hydroxylation is 2. The molecular weight excluding hydrogens is 268 g/mol. The highest BCUT2D eigenvalue weighted by atomic mass is 35.5. The molecule has 2 aromatic rings. The molecule has 0 atom stereocenters. The summed E-state index contributed by atoms with van der Waals surface area (Å²) in [5.41, 5.74) is 1.50. The van der Waals surface area contributed by atoms with E-state index in [2.05, 4.69) is 20.5 Å². The lowest BCUT2D eigenvalue weighted by Gasteiger charge is -2.06. The van der Waals surface area contributed by atoms with Crippen LogP contribution in [0.2, 0.25) is 5.02 Å². The van der Waals surface area contributed by atoms with E-state index in [0.29, 0.717) is 11.4 Å². The Morgan fingerprint density at radius 3 is 2.68 bits per heavy atom. The van der Waals surface area contributed by atoms with Crippen molar-refractivity contribution in [3.63, 3.8) is 0 Å². The van der Waals surface area contributed by atoms with E-state index >= 15 is 0 Å². The number of phenols is 1. The van der Waals surface area contributed by atoms with Crippen molar-refractivity contribution < 1.29 is 9.90 Å². The molecule has 0 fully saturated rings. The highest BCUT2D eigenvalue weighted by Crippen LogP contribution is 2.21. The number of aromatic hydroxyl groups is 1. The van der Waals surface area contributed by atoms with Crippen molar-refractivity contribution in [3.8, 4) is 5.75 Å². The van der Waals surface area contributed by atoms with Gasteiger partial charge in [-0.3, -0.25) is 10.1 Å². The lowest BCUT2D eigenvalue weighted by atomic mass is 10.2. The van der Waals surface area contributed by atoms with Crippen LogP contribution in [0.15, 0.2) is 18.2 Å². The Kier molecular flexibility index (Phi) is 3.62. The lowest BCUT2D eigenvalue weighted by molar-refractivity contribution is 0.102. The fourth-order valence-electron chi connectivity index (χ4n) is 1.37. The Hall–Kier alpha value is -2.21. The zero-order valence-corrected chi connectivity index (χ0v) is 11.1. The van der Waals surface area contributed by atoms with E-state index in [1.54, 1.807) is 13.8 Å². The maximum absolute atomic E-state index is 12.0. The van der Waals surface area contributed by atoms with Gasteiger partial charge in [0.25, 0.3) is 5.91 Å². The van der Waals surface area contributed by atoms with Gasteiger partial charge < -0.3 is 5.11 Å². The molecule has 98 valence electrons. The molecule has 0 aliphatic rings. The molecule has 1 amide bonds. The molecule has 7 heteroatoms. The van der Waals surface area contributed by atoms with Crippen molar-refractivity contribution in [2.45, 2.75) is 13.8 Å². The maximum Gasteiger partial charge on any atom is 0.259 e. The van der Waals surface area contributed by atoms with Crippen LogP contribution in [0.5, 0.6) is 5.75 Å². The highest BCUT2D eigenvalue weighted by molar-refractivity contribution is 6.34. The van der Waals surface area contributed by atoms with Crippen molar-refractivity contribution >= 4 is 23.5 Å². The average Bonchev–Trinajstić information content (AvgIpc) is 2.36. The van der Waals surface area contributed by atoms with Crippen LogP contribution in [0.3, 0.4) is 0 Å². The van der Waals surface area contributed by atoms with E-state index in [-0.39, 0.29) is 22.3 Å². The minimum Gasteiger partial charge on any atom is -0.508 e. The van der Waals surface area contributed by atoms with Crippen molar-refractivity contribution in [3.05, 3.63) is 40.2 Å². The molecule has 0 unspecified atom stereocenters. The van der Waals surface area contributed by atoms with Crippen molar-refractivity contribution in [2.75, 3.05) is 5.32 Å². The molecule has 1 aromatic carbocycles. The SMILES string of the molecule is Cc1nnc(NC(=O)c2cc(O)ccc2Cl)nc1C. The first-order valence-corrected chi connectivity index (χ1v) is 5.83. The third-order valence-electron chi connectivity index (χ3n) is 2.51. The van der Waals surface area contributed by atoms with Crippen molar-refractivity contribution in [1.82, 2.24) is 15.2 Å². The number of hydrogen-bond donors (Lipinski definition) is 2. The number of hydrogen-bond acceptors (Lipinski definition) is 5. The molecule has 0 aliphatic carbocycles. The first-order valence-electron chi connectivity index (χ1n) is 5.45. The summed E-state index contributed by atoms with van der Waals surface area (Å²) in [6, 6.07) is 4.10. The minimum absolute atomic E-state index is 0.0475. The monoisotopic (exact) mass is 278 g/mol. The van der Waals surface area contributed by atoms with E-state index in [0.717, 1.165) is 0 Å². The summed E-state index contributed by atoms with van der Waals surface area (Å²) >= 11 is 5.89. The normalized spacial score (nSPS) is 10.3. The van der Waals surface area contributed by atoms with Gasteiger partial charge >= 0.3 is 0 Å². The second kappa shape index (κ2) is 5.19. The van der Waals surface area contributed by atoms with Gasteiger partial charge in [-0.05, 0) is 32.0 Å². The van der Waals surface area contributed by atoms with E-state index in [4.69, 9.17) is 11.6 Å². The van der Waals surface area contributed by atoms with Crippen LogP contribution in [0.4, 0.5) is 5.95 Å². The summed E-state index contributed by atoms with van der Waals surface area (Å²) in [7, 11) is 0. The molecule has 0 spiro atoms. The predicted molar refractivity (Wildman–Crippen MR) is 70.4 cm³/mol. The predicted octanol–water partition coefficient (Wildman–Crippen LogP) is 2.10. The molecule has 0 bridgehead atoms. The van der Waals surface area contributed by atoms with Crippen LogP contribution >= 0.6 is 11.6 Å². The molecule has 0 saturated carbocycles. The van der Waals surface area contributed by atoms with Gasteiger partial charge in [0.1, 0.15) is 5.75 Å². The summed E-state index contributed by atoms with van der Waals surface area (Å²) in [4.78, 5) is 16.0. The van der Waals surface area contributed by atoms with Crippen LogP contribution in [-0.2, 0) is 0 Å².